The van der Waals surface area contributed by atoms with E-state index in [4.69, 9.17) is 9.47 Å². The molecule has 7 heteroatoms. The summed E-state index contributed by atoms with van der Waals surface area (Å²) in [5, 5.41) is 0. The summed E-state index contributed by atoms with van der Waals surface area (Å²) in [6.45, 7) is 9.96. The van der Waals surface area contributed by atoms with Crippen LogP contribution in [-0.4, -0.2) is 52.3 Å². The molecule has 0 aliphatic carbocycles. The summed E-state index contributed by atoms with van der Waals surface area (Å²) in [7, 11) is 3.62. The Labute approximate surface area is 259 Å². The van der Waals surface area contributed by atoms with Crippen LogP contribution in [0.25, 0.3) is 0 Å². The fraction of sp³-hybridized carbons (Fsp3) is 0.588. The van der Waals surface area contributed by atoms with Crippen LogP contribution >= 0.6 is 17.9 Å². The number of hydrogen-bond donors (Lipinski definition) is 0. The number of carbonyl (C=O) groups excluding carboxylic acids is 2. The van der Waals surface area contributed by atoms with Crippen molar-refractivity contribution in [2.75, 3.05) is 24.7 Å². The zero-order valence-electron chi connectivity index (χ0n) is 25.8. The molecule has 0 aliphatic heterocycles. The molecule has 0 saturated carbocycles. The van der Waals surface area contributed by atoms with Crippen LogP contribution in [0.4, 0.5) is 0 Å². The van der Waals surface area contributed by atoms with Gasteiger partial charge >= 0.3 is 261 Å². The van der Waals surface area contributed by atoms with Crippen LogP contribution in [0.3, 0.4) is 0 Å². The Morgan fingerprint density at radius 3 is 1.37 bits per heavy atom. The van der Waals surface area contributed by atoms with E-state index >= 15 is 0 Å². The normalized spacial score (nSPS) is 11.7. The predicted molar refractivity (Wildman–Crippen MR) is 179 cm³/mol. The van der Waals surface area contributed by atoms with E-state index in [1.165, 1.54) is 36.8 Å². The standard InChI is InChI=1S/2C10H20O2S.2C7H7.Sn/c2*1-9(2)6-4-3-5-7-12-10(11)8-13;2*1-7-5-3-2-4-6-7;/h2*9,13H,3-8H2,1-2H3;2*2-6H,1H2;/q;;;;+2/p-2. The van der Waals surface area contributed by atoms with Gasteiger partial charge in [0.1, 0.15) is 0 Å². The number of esters is 2. The van der Waals surface area contributed by atoms with E-state index in [1.807, 2.05) is 30.0 Å². The number of hydrogen-bond acceptors (Lipinski definition) is 6. The van der Waals surface area contributed by atoms with Gasteiger partial charge in [0.2, 0.25) is 0 Å². The first-order valence-corrected chi connectivity index (χ1v) is 28.4. The molecular formula is C34H52O4S2Sn. The zero-order chi connectivity index (χ0) is 29.8. The molecule has 0 heterocycles. The molecular weight excluding hydrogens is 655 g/mol. The molecule has 0 saturated heterocycles. The van der Waals surface area contributed by atoms with Crippen molar-refractivity contribution in [3.63, 3.8) is 0 Å². The topological polar surface area (TPSA) is 52.6 Å². The van der Waals surface area contributed by atoms with Crippen LogP contribution in [0.5, 0.6) is 0 Å². The maximum absolute atomic E-state index is 12.8. The van der Waals surface area contributed by atoms with Gasteiger partial charge in [-0.1, -0.05) is 0 Å². The number of carbonyl (C=O) groups is 2. The van der Waals surface area contributed by atoms with Gasteiger partial charge in [0.15, 0.2) is 0 Å². The van der Waals surface area contributed by atoms with Crippen LogP contribution in [0, 0.1) is 11.8 Å². The third-order valence-electron chi connectivity index (χ3n) is 6.92. The summed E-state index contributed by atoms with van der Waals surface area (Å²) in [5.41, 5.74) is 2.55. The Balaban J connectivity index is 2.02. The van der Waals surface area contributed by atoms with Crippen molar-refractivity contribution in [3.8, 4) is 0 Å². The molecule has 0 bridgehead atoms. The van der Waals surface area contributed by atoms with Gasteiger partial charge in [0.25, 0.3) is 0 Å². The number of benzene rings is 2. The zero-order valence-corrected chi connectivity index (χ0v) is 30.3. The third kappa shape index (κ3) is 17.6. The van der Waals surface area contributed by atoms with Crippen molar-refractivity contribution in [1.82, 2.24) is 0 Å². The molecule has 0 fully saturated rings. The fourth-order valence-corrected chi connectivity index (χ4v) is 30.5. The van der Waals surface area contributed by atoms with E-state index in [1.54, 1.807) is 0 Å². The van der Waals surface area contributed by atoms with Crippen LogP contribution in [0.15, 0.2) is 60.7 Å². The molecule has 0 aliphatic rings. The molecule has 2 aromatic carbocycles. The first kappa shape index (κ1) is 36.1. The second-order valence-corrected chi connectivity index (χ2v) is 37.3. The number of unbranched alkanes of at least 4 members (excludes halogenated alkanes) is 4. The molecule has 228 valence electrons. The van der Waals surface area contributed by atoms with E-state index in [9.17, 15) is 9.59 Å². The van der Waals surface area contributed by atoms with Crippen molar-refractivity contribution in [2.24, 2.45) is 11.8 Å². The van der Waals surface area contributed by atoms with Crippen molar-refractivity contribution in [3.05, 3.63) is 71.8 Å². The van der Waals surface area contributed by atoms with Crippen molar-refractivity contribution in [1.29, 1.82) is 0 Å². The second-order valence-electron chi connectivity index (χ2n) is 11.7. The van der Waals surface area contributed by atoms with E-state index in [2.05, 4.69) is 76.2 Å². The molecule has 0 unspecified atom stereocenters. The Bertz CT molecular complexity index is 890. The van der Waals surface area contributed by atoms with Crippen LogP contribution in [0.2, 0.25) is 0 Å². The summed E-state index contributed by atoms with van der Waals surface area (Å²) in [4.78, 5) is 25.7. The predicted octanol–water partition coefficient (Wildman–Crippen LogP) is 8.98. The van der Waals surface area contributed by atoms with Gasteiger partial charge < -0.3 is 0 Å². The molecule has 0 aromatic heterocycles. The van der Waals surface area contributed by atoms with Crippen molar-refractivity contribution < 1.29 is 19.1 Å². The van der Waals surface area contributed by atoms with E-state index in [-0.39, 0.29) is 11.9 Å². The van der Waals surface area contributed by atoms with Gasteiger partial charge in [-0.15, -0.1) is 0 Å². The summed E-state index contributed by atoms with van der Waals surface area (Å²) in [5.74, 6) is 1.86. The van der Waals surface area contributed by atoms with E-state index < -0.39 is 15.6 Å². The number of ether oxygens (including phenoxy) is 2. The minimum atomic E-state index is -3.29. The quantitative estimate of drug-likeness (QED) is 0.0692. The first-order chi connectivity index (χ1) is 19.8. The Kier molecular flexibility index (Phi) is 19.0. The summed E-state index contributed by atoms with van der Waals surface area (Å²) in [6, 6.07) is 21.0. The van der Waals surface area contributed by atoms with Gasteiger partial charge in [-0.05, 0) is 0 Å². The Hall–Kier alpha value is -1.12. The van der Waals surface area contributed by atoms with Crippen molar-refractivity contribution in [2.45, 2.75) is 87.9 Å². The maximum atomic E-state index is 12.8. The molecule has 41 heavy (non-hydrogen) atoms. The van der Waals surface area contributed by atoms with Gasteiger partial charge in [-0.25, -0.2) is 0 Å². The first-order valence-electron chi connectivity index (χ1n) is 15.4. The van der Waals surface area contributed by atoms with Gasteiger partial charge in [-0.3, -0.25) is 0 Å². The summed E-state index contributed by atoms with van der Waals surface area (Å²) < 4.78 is 13.2. The molecule has 0 atom stereocenters. The van der Waals surface area contributed by atoms with Gasteiger partial charge in [0, 0.05) is 0 Å². The van der Waals surface area contributed by atoms with Crippen LogP contribution in [-0.2, 0) is 27.9 Å². The Morgan fingerprint density at radius 2 is 1.00 bits per heavy atom. The molecule has 2 aromatic rings. The monoisotopic (exact) mass is 708 g/mol. The molecule has 0 radical (unpaired) electrons. The second kappa shape index (κ2) is 21.5. The summed E-state index contributed by atoms with van der Waals surface area (Å²) >= 11 is -3.29. The van der Waals surface area contributed by atoms with Gasteiger partial charge in [0.05, 0.1) is 0 Å². The Morgan fingerprint density at radius 1 is 0.610 bits per heavy atom. The van der Waals surface area contributed by atoms with Crippen molar-refractivity contribution >= 4 is 45.4 Å². The van der Waals surface area contributed by atoms with Crippen LogP contribution in [0.1, 0.15) is 90.2 Å². The average molecular weight is 708 g/mol. The number of rotatable bonds is 22. The van der Waals surface area contributed by atoms with Gasteiger partial charge in [-0.2, -0.15) is 0 Å². The van der Waals surface area contributed by atoms with E-state index in [0.717, 1.165) is 34.6 Å². The fourth-order valence-electron chi connectivity index (χ4n) is 4.62. The molecule has 0 N–H and O–H groups in total. The molecule has 0 spiro atoms. The van der Waals surface area contributed by atoms with Crippen LogP contribution < -0.4 is 0 Å². The average Bonchev–Trinajstić information content (AvgIpc) is 2.95. The SMILES string of the molecule is CC(C)CCCCCOC(=O)C[S][Sn]([CH2]c1ccccc1)([CH2]c1ccccc1)[S]CC(=O)OCCCCCC(C)C. The molecule has 4 nitrogen and oxygen atoms in total. The molecule has 2 rings (SSSR count). The summed E-state index contributed by atoms with van der Waals surface area (Å²) in [6.07, 6.45) is 8.84. The minimum absolute atomic E-state index is 0.134. The van der Waals surface area contributed by atoms with E-state index in [0.29, 0.717) is 36.6 Å². The molecule has 0 amide bonds. The third-order valence-corrected chi connectivity index (χ3v) is 34.2.